The summed E-state index contributed by atoms with van der Waals surface area (Å²) in [6, 6.07) is 12.9. The monoisotopic (exact) mass is 330 g/mol. The molecule has 0 atom stereocenters. The van der Waals surface area contributed by atoms with Crippen LogP contribution in [0, 0.1) is 0 Å². The Morgan fingerprint density at radius 2 is 1.76 bits per heavy atom. The molecular weight excluding hydrogens is 323 g/mol. The highest BCUT2D eigenvalue weighted by molar-refractivity contribution is 9.10. The fourth-order valence-electron chi connectivity index (χ4n) is 1.37. The molecule has 0 fully saturated rings. The highest BCUT2D eigenvalue weighted by Crippen LogP contribution is 2.24. The van der Waals surface area contributed by atoms with Gasteiger partial charge < -0.3 is 4.74 Å². The molecule has 0 aliphatic rings. The van der Waals surface area contributed by atoms with Gasteiger partial charge in [-0.15, -0.1) is 0 Å². The number of ether oxygens (including phenoxy) is 1. The molecule has 88 valence electrons. The number of halogens is 3. The maximum atomic E-state index is 5.93. The van der Waals surface area contributed by atoms with E-state index in [1.165, 1.54) is 0 Å². The standard InChI is InChI=1S/C13H9BrCl2O/c14-13-5-4-11(16)6-9(13)8-17-12-3-1-2-10(15)7-12/h1-7H,8H2. The lowest BCUT2D eigenvalue weighted by atomic mass is 10.2. The van der Waals surface area contributed by atoms with Crippen molar-refractivity contribution in [3.8, 4) is 5.75 Å². The lowest BCUT2D eigenvalue weighted by molar-refractivity contribution is 0.305. The predicted octanol–water partition coefficient (Wildman–Crippen LogP) is 5.33. The average molecular weight is 332 g/mol. The average Bonchev–Trinajstić information content (AvgIpc) is 2.30. The first-order chi connectivity index (χ1) is 8.15. The van der Waals surface area contributed by atoms with Gasteiger partial charge in [-0.25, -0.2) is 0 Å². The highest BCUT2D eigenvalue weighted by Gasteiger charge is 2.02. The molecule has 2 rings (SSSR count). The Balaban J connectivity index is 2.09. The van der Waals surface area contributed by atoms with Crippen LogP contribution in [0.15, 0.2) is 46.9 Å². The summed E-state index contributed by atoms with van der Waals surface area (Å²) in [6.07, 6.45) is 0. The number of hydrogen-bond donors (Lipinski definition) is 0. The van der Waals surface area contributed by atoms with Crippen LogP contribution in [0.3, 0.4) is 0 Å². The number of hydrogen-bond acceptors (Lipinski definition) is 1. The van der Waals surface area contributed by atoms with Crippen molar-refractivity contribution in [1.29, 1.82) is 0 Å². The SMILES string of the molecule is Clc1cccc(OCc2cc(Cl)ccc2Br)c1. The first-order valence-electron chi connectivity index (χ1n) is 4.97. The molecule has 0 radical (unpaired) electrons. The van der Waals surface area contributed by atoms with Crippen LogP contribution >= 0.6 is 39.1 Å². The minimum absolute atomic E-state index is 0.446. The summed E-state index contributed by atoms with van der Waals surface area (Å²) in [7, 11) is 0. The molecule has 0 spiro atoms. The third-order valence-electron chi connectivity index (χ3n) is 2.20. The zero-order chi connectivity index (χ0) is 12.3. The van der Waals surface area contributed by atoms with E-state index in [4.69, 9.17) is 27.9 Å². The fraction of sp³-hybridized carbons (Fsp3) is 0.0769. The van der Waals surface area contributed by atoms with Crippen molar-refractivity contribution in [2.24, 2.45) is 0 Å². The van der Waals surface area contributed by atoms with Crippen LogP contribution in [-0.2, 0) is 6.61 Å². The Bertz CT molecular complexity index is 529. The van der Waals surface area contributed by atoms with Gasteiger partial charge >= 0.3 is 0 Å². The van der Waals surface area contributed by atoms with Crippen molar-refractivity contribution >= 4 is 39.1 Å². The van der Waals surface area contributed by atoms with E-state index in [1.807, 2.05) is 36.4 Å². The van der Waals surface area contributed by atoms with Crippen molar-refractivity contribution < 1.29 is 4.74 Å². The van der Waals surface area contributed by atoms with Gasteiger partial charge in [-0.3, -0.25) is 0 Å². The second-order valence-corrected chi connectivity index (χ2v) is 5.21. The van der Waals surface area contributed by atoms with E-state index in [0.29, 0.717) is 16.7 Å². The van der Waals surface area contributed by atoms with Gasteiger partial charge in [0, 0.05) is 20.1 Å². The molecule has 0 amide bonds. The van der Waals surface area contributed by atoms with Gasteiger partial charge in [0.2, 0.25) is 0 Å². The summed E-state index contributed by atoms with van der Waals surface area (Å²) in [5.74, 6) is 0.740. The normalized spacial score (nSPS) is 10.3. The first-order valence-corrected chi connectivity index (χ1v) is 6.52. The van der Waals surface area contributed by atoms with E-state index in [9.17, 15) is 0 Å². The quantitative estimate of drug-likeness (QED) is 0.738. The lowest BCUT2D eigenvalue weighted by Crippen LogP contribution is -1.96. The molecule has 0 aliphatic heterocycles. The molecule has 1 nitrogen and oxygen atoms in total. The maximum Gasteiger partial charge on any atom is 0.121 e. The van der Waals surface area contributed by atoms with Gasteiger partial charge in [-0.1, -0.05) is 45.2 Å². The molecule has 0 N–H and O–H groups in total. The molecule has 0 bridgehead atoms. The molecular formula is C13H9BrCl2O. The maximum absolute atomic E-state index is 5.93. The summed E-state index contributed by atoms with van der Waals surface area (Å²) in [4.78, 5) is 0. The molecule has 0 heterocycles. The van der Waals surface area contributed by atoms with E-state index in [2.05, 4.69) is 15.9 Å². The van der Waals surface area contributed by atoms with E-state index < -0.39 is 0 Å². The van der Waals surface area contributed by atoms with E-state index >= 15 is 0 Å². The molecule has 17 heavy (non-hydrogen) atoms. The third-order valence-corrected chi connectivity index (χ3v) is 3.44. The lowest BCUT2D eigenvalue weighted by Gasteiger charge is -2.08. The Kier molecular flexibility index (Phi) is 4.32. The molecule has 0 saturated carbocycles. The topological polar surface area (TPSA) is 9.23 Å². The summed E-state index contributed by atoms with van der Waals surface area (Å²) < 4.78 is 6.61. The van der Waals surface area contributed by atoms with E-state index in [-0.39, 0.29) is 0 Å². The minimum atomic E-state index is 0.446. The minimum Gasteiger partial charge on any atom is -0.489 e. The van der Waals surface area contributed by atoms with Gasteiger partial charge in [0.05, 0.1) is 0 Å². The largest absolute Gasteiger partial charge is 0.489 e. The van der Waals surface area contributed by atoms with Crippen LogP contribution in [0.1, 0.15) is 5.56 Å². The first kappa shape index (κ1) is 12.7. The third kappa shape index (κ3) is 3.63. The summed E-state index contributed by atoms with van der Waals surface area (Å²) in [6.45, 7) is 0.446. The molecule has 4 heteroatoms. The van der Waals surface area contributed by atoms with Crippen LogP contribution in [0.4, 0.5) is 0 Å². The zero-order valence-corrected chi connectivity index (χ0v) is 11.9. The van der Waals surface area contributed by atoms with Gasteiger partial charge in [0.1, 0.15) is 12.4 Å². The molecule has 0 aromatic heterocycles. The van der Waals surface area contributed by atoms with Crippen molar-refractivity contribution in [2.75, 3.05) is 0 Å². The molecule has 0 aliphatic carbocycles. The summed E-state index contributed by atoms with van der Waals surface area (Å²) >= 11 is 15.3. The molecule has 2 aromatic rings. The Labute approximate surface area is 118 Å². The highest BCUT2D eigenvalue weighted by atomic mass is 79.9. The summed E-state index contributed by atoms with van der Waals surface area (Å²) in [5, 5.41) is 1.35. The van der Waals surface area contributed by atoms with E-state index in [0.717, 1.165) is 15.8 Å². The van der Waals surface area contributed by atoms with Gasteiger partial charge in [-0.05, 0) is 36.4 Å². The van der Waals surface area contributed by atoms with Crippen molar-refractivity contribution in [3.05, 3.63) is 62.5 Å². The Hall–Kier alpha value is -0.700. The van der Waals surface area contributed by atoms with Crippen LogP contribution in [-0.4, -0.2) is 0 Å². The second-order valence-electron chi connectivity index (χ2n) is 3.48. The van der Waals surface area contributed by atoms with E-state index in [1.54, 1.807) is 6.07 Å². The van der Waals surface area contributed by atoms with Crippen molar-refractivity contribution in [1.82, 2.24) is 0 Å². The molecule has 0 unspecified atom stereocenters. The zero-order valence-electron chi connectivity index (χ0n) is 8.79. The second kappa shape index (κ2) is 5.76. The predicted molar refractivity (Wildman–Crippen MR) is 74.9 cm³/mol. The Morgan fingerprint density at radius 3 is 2.53 bits per heavy atom. The van der Waals surface area contributed by atoms with Crippen molar-refractivity contribution in [2.45, 2.75) is 6.61 Å². The van der Waals surface area contributed by atoms with Crippen molar-refractivity contribution in [3.63, 3.8) is 0 Å². The molecule has 0 saturated heterocycles. The molecule has 2 aromatic carbocycles. The van der Waals surface area contributed by atoms with Gasteiger partial charge in [0.25, 0.3) is 0 Å². The number of rotatable bonds is 3. The fourth-order valence-corrected chi connectivity index (χ4v) is 2.11. The van der Waals surface area contributed by atoms with Crippen LogP contribution in [0.5, 0.6) is 5.75 Å². The van der Waals surface area contributed by atoms with Gasteiger partial charge in [0.15, 0.2) is 0 Å². The van der Waals surface area contributed by atoms with Crippen LogP contribution in [0.2, 0.25) is 10.0 Å². The van der Waals surface area contributed by atoms with Crippen LogP contribution < -0.4 is 4.74 Å². The van der Waals surface area contributed by atoms with Gasteiger partial charge in [-0.2, -0.15) is 0 Å². The number of benzene rings is 2. The summed E-state index contributed by atoms with van der Waals surface area (Å²) in [5.41, 5.74) is 0.998. The van der Waals surface area contributed by atoms with Crippen LogP contribution in [0.25, 0.3) is 0 Å². The smallest absolute Gasteiger partial charge is 0.121 e. The Morgan fingerprint density at radius 1 is 1.00 bits per heavy atom.